The van der Waals surface area contributed by atoms with Crippen molar-refractivity contribution < 1.29 is 17.9 Å². The van der Waals surface area contributed by atoms with E-state index >= 15 is 0 Å². The molecule has 1 aliphatic carbocycles. The van der Waals surface area contributed by atoms with Gasteiger partial charge in [0.15, 0.2) is 0 Å². The van der Waals surface area contributed by atoms with Crippen LogP contribution in [-0.4, -0.2) is 42.6 Å². The van der Waals surface area contributed by atoms with Gasteiger partial charge in [0, 0.05) is 6.54 Å². The summed E-state index contributed by atoms with van der Waals surface area (Å²) < 4.78 is 30.8. The maximum absolute atomic E-state index is 12.5. The number of piperidine rings is 1. The molecule has 0 aromatic carbocycles. The molecule has 0 radical (unpaired) electrons. The maximum Gasteiger partial charge on any atom is 0.324 e. The van der Waals surface area contributed by atoms with Gasteiger partial charge in [-0.3, -0.25) is 4.79 Å². The summed E-state index contributed by atoms with van der Waals surface area (Å²) in [5.74, 6) is -0.398. The van der Waals surface area contributed by atoms with Gasteiger partial charge in [-0.25, -0.2) is 8.42 Å². The van der Waals surface area contributed by atoms with Gasteiger partial charge in [0.05, 0.1) is 11.4 Å². The first-order chi connectivity index (χ1) is 8.42. The van der Waals surface area contributed by atoms with Crippen molar-refractivity contribution in [2.45, 2.75) is 56.7 Å². The number of carbonyl (C=O) groups is 1. The summed E-state index contributed by atoms with van der Waals surface area (Å²) >= 11 is 0. The monoisotopic (exact) mass is 275 g/mol. The number of ether oxygens (including phenoxy) is 1. The summed E-state index contributed by atoms with van der Waals surface area (Å²) in [6.45, 7) is 4.24. The van der Waals surface area contributed by atoms with Crippen LogP contribution in [0, 0.1) is 0 Å². The molecule has 1 saturated heterocycles. The summed E-state index contributed by atoms with van der Waals surface area (Å²) in [5.41, 5.74) is 0. The highest BCUT2D eigenvalue weighted by molar-refractivity contribution is 7.90. The first-order valence-electron chi connectivity index (χ1n) is 6.60. The summed E-state index contributed by atoms with van der Waals surface area (Å²) in [6.07, 6.45) is 3.67. The second-order valence-electron chi connectivity index (χ2n) is 5.33. The van der Waals surface area contributed by atoms with Crippen molar-refractivity contribution in [3.8, 4) is 0 Å². The van der Waals surface area contributed by atoms with Gasteiger partial charge in [-0.2, -0.15) is 4.31 Å². The Morgan fingerprint density at radius 1 is 1.39 bits per heavy atom. The van der Waals surface area contributed by atoms with E-state index in [4.69, 9.17) is 4.74 Å². The third-order valence-corrected chi connectivity index (χ3v) is 6.61. The molecule has 18 heavy (non-hydrogen) atoms. The molecule has 0 N–H and O–H groups in total. The molecule has 0 spiro atoms. The lowest BCUT2D eigenvalue weighted by atomic mass is 10.1. The van der Waals surface area contributed by atoms with Gasteiger partial charge in [0.2, 0.25) is 10.0 Å². The third-order valence-electron chi connectivity index (χ3n) is 3.90. The van der Waals surface area contributed by atoms with E-state index in [9.17, 15) is 13.2 Å². The molecular weight excluding hydrogens is 254 g/mol. The van der Waals surface area contributed by atoms with Crippen LogP contribution in [-0.2, 0) is 19.6 Å². The molecule has 1 atom stereocenters. The van der Waals surface area contributed by atoms with Crippen molar-refractivity contribution >= 4 is 16.0 Å². The number of carbonyl (C=O) groups excluding carboxylic acids is 1. The van der Waals surface area contributed by atoms with Crippen LogP contribution < -0.4 is 0 Å². The van der Waals surface area contributed by atoms with Gasteiger partial charge in [0.25, 0.3) is 0 Å². The van der Waals surface area contributed by atoms with Crippen LogP contribution >= 0.6 is 0 Å². The van der Waals surface area contributed by atoms with Crippen molar-refractivity contribution in [2.75, 3.05) is 13.2 Å². The van der Waals surface area contributed by atoms with Gasteiger partial charge in [-0.15, -0.1) is 0 Å². The number of hydrogen-bond acceptors (Lipinski definition) is 4. The van der Waals surface area contributed by atoms with Crippen LogP contribution in [0.5, 0.6) is 0 Å². The fraction of sp³-hybridized carbons (Fsp3) is 0.917. The molecule has 0 bridgehead atoms. The van der Waals surface area contributed by atoms with Crippen LogP contribution in [0.2, 0.25) is 0 Å². The van der Waals surface area contributed by atoms with Gasteiger partial charge >= 0.3 is 5.97 Å². The molecule has 5 nitrogen and oxygen atoms in total. The molecule has 104 valence electrons. The molecule has 2 fully saturated rings. The van der Waals surface area contributed by atoms with Crippen molar-refractivity contribution in [3.63, 3.8) is 0 Å². The molecular formula is C12H21NO4S. The summed E-state index contributed by atoms with van der Waals surface area (Å²) in [4.78, 5) is 11.9. The highest BCUT2D eigenvalue weighted by Gasteiger charge is 2.55. The van der Waals surface area contributed by atoms with E-state index in [-0.39, 0.29) is 0 Å². The van der Waals surface area contributed by atoms with E-state index < -0.39 is 26.8 Å². The molecule has 1 saturated carbocycles. The molecule has 0 aromatic heterocycles. The van der Waals surface area contributed by atoms with Crippen LogP contribution in [0.15, 0.2) is 0 Å². The molecule has 0 amide bonds. The number of nitrogens with zero attached hydrogens (tertiary/aromatic N) is 1. The van der Waals surface area contributed by atoms with Gasteiger partial charge in [-0.1, -0.05) is 0 Å². The van der Waals surface area contributed by atoms with Gasteiger partial charge < -0.3 is 4.74 Å². The Labute approximate surface area is 109 Å². The highest BCUT2D eigenvalue weighted by atomic mass is 32.2. The number of esters is 1. The zero-order valence-corrected chi connectivity index (χ0v) is 11.8. The first kappa shape index (κ1) is 13.8. The zero-order chi connectivity index (χ0) is 13.4. The second kappa shape index (κ2) is 4.81. The number of rotatable bonds is 4. The lowest BCUT2D eigenvalue weighted by molar-refractivity contribution is -0.148. The van der Waals surface area contributed by atoms with E-state index in [2.05, 4.69) is 0 Å². The fourth-order valence-corrected chi connectivity index (χ4v) is 4.46. The first-order valence-corrected chi connectivity index (χ1v) is 8.04. The lowest BCUT2D eigenvalue weighted by Gasteiger charge is -2.34. The predicted octanol–water partition coefficient (Wildman–Crippen LogP) is 1.29. The average Bonchev–Trinajstić information content (AvgIpc) is 3.09. The Bertz CT molecular complexity index is 427. The van der Waals surface area contributed by atoms with Crippen LogP contribution in [0.4, 0.5) is 0 Å². The standard InChI is InChI=1S/C12H21NO4S/c1-3-17-11(14)10-6-4-5-9-13(10)18(15,16)12(2)7-8-12/h10H,3-9H2,1-2H3. The number of sulfonamides is 1. The minimum atomic E-state index is -3.37. The largest absolute Gasteiger partial charge is 0.465 e. The van der Waals surface area contributed by atoms with E-state index in [0.29, 0.717) is 32.4 Å². The van der Waals surface area contributed by atoms with Crippen LogP contribution in [0.3, 0.4) is 0 Å². The topological polar surface area (TPSA) is 63.7 Å². The van der Waals surface area contributed by atoms with E-state index in [0.717, 1.165) is 12.8 Å². The van der Waals surface area contributed by atoms with Crippen molar-refractivity contribution in [2.24, 2.45) is 0 Å². The minimum Gasteiger partial charge on any atom is -0.465 e. The Morgan fingerprint density at radius 2 is 2.06 bits per heavy atom. The summed E-state index contributed by atoms with van der Waals surface area (Å²) in [7, 11) is -3.37. The number of hydrogen-bond donors (Lipinski definition) is 0. The lowest BCUT2D eigenvalue weighted by Crippen LogP contribution is -2.51. The molecule has 0 aromatic rings. The molecule has 1 heterocycles. The second-order valence-corrected chi connectivity index (χ2v) is 7.73. The average molecular weight is 275 g/mol. The SMILES string of the molecule is CCOC(=O)C1CCCCN1S(=O)(=O)C1(C)CC1. The smallest absolute Gasteiger partial charge is 0.324 e. The Kier molecular flexibility index (Phi) is 3.69. The van der Waals surface area contributed by atoms with E-state index in [1.165, 1.54) is 4.31 Å². The van der Waals surface area contributed by atoms with Crippen LogP contribution in [0.1, 0.15) is 46.0 Å². The Hall–Kier alpha value is -0.620. The Balaban J connectivity index is 2.20. The van der Waals surface area contributed by atoms with E-state index in [1.54, 1.807) is 13.8 Å². The molecule has 2 aliphatic rings. The van der Waals surface area contributed by atoms with Gasteiger partial charge in [0.1, 0.15) is 6.04 Å². The predicted molar refractivity (Wildman–Crippen MR) is 67.5 cm³/mol. The highest BCUT2D eigenvalue weighted by Crippen LogP contribution is 2.45. The zero-order valence-electron chi connectivity index (χ0n) is 11.0. The van der Waals surface area contributed by atoms with Gasteiger partial charge in [-0.05, 0) is 46.0 Å². The summed E-state index contributed by atoms with van der Waals surface area (Å²) in [6, 6.07) is -0.610. The van der Waals surface area contributed by atoms with E-state index in [1.807, 2.05) is 0 Å². The molecule has 1 unspecified atom stereocenters. The summed E-state index contributed by atoms with van der Waals surface area (Å²) in [5, 5.41) is 0. The molecule has 6 heteroatoms. The fourth-order valence-electron chi connectivity index (χ4n) is 2.38. The minimum absolute atomic E-state index is 0.292. The maximum atomic E-state index is 12.5. The van der Waals surface area contributed by atoms with Crippen molar-refractivity contribution in [3.05, 3.63) is 0 Å². The Morgan fingerprint density at radius 3 is 2.61 bits per heavy atom. The quantitative estimate of drug-likeness (QED) is 0.725. The van der Waals surface area contributed by atoms with Crippen molar-refractivity contribution in [1.29, 1.82) is 0 Å². The molecule has 1 aliphatic heterocycles. The van der Waals surface area contributed by atoms with Crippen LogP contribution in [0.25, 0.3) is 0 Å². The van der Waals surface area contributed by atoms with Crippen molar-refractivity contribution in [1.82, 2.24) is 4.31 Å². The normalized spacial score (nSPS) is 27.8. The molecule has 2 rings (SSSR count). The third kappa shape index (κ3) is 2.28.